The van der Waals surface area contributed by atoms with Crippen LogP contribution in [0.5, 0.6) is 5.75 Å². The van der Waals surface area contributed by atoms with E-state index in [-0.39, 0.29) is 35.3 Å². The summed E-state index contributed by atoms with van der Waals surface area (Å²) >= 11 is 0. The molecule has 2 saturated heterocycles. The van der Waals surface area contributed by atoms with Crippen LogP contribution < -0.4 is 15.4 Å². The number of sulfonamides is 1. The monoisotopic (exact) mass is 511 g/mol. The fourth-order valence-corrected chi connectivity index (χ4v) is 6.56. The summed E-state index contributed by atoms with van der Waals surface area (Å²) in [6, 6.07) is 12.0. The van der Waals surface area contributed by atoms with Crippen molar-refractivity contribution in [1.29, 1.82) is 0 Å². The predicted molar refractivity (Wildman–Crippen MR) is 132 cm³/mol. The number of hydrogen-bond acceptors (Lipinski definition) is 6. The molecule has 2 fully saturated rings. The summed E-state index contributed by atoms with van der Waals surface area (Å²) in [4.78, 5) is 24.2. The van der Waals surface area contributed by atoms with Gasteiger partial charge in [-0.15, -0.1) is 0 Å². The molecule has 5 rings (SSSR count). The molecule has 190 valence electrons. The minimum Gasteiger partial charge on any atom is -0.493 e. The van der Waals surface area contributed by atoms with Gasteiger partial charge in [0.05, 0.1) is 17.6 Å². The average Bonchev–Trinajstić information content (AvgIpc) is 3.59. The molecule has 0 spiro atoms. The summed E-state index contributed by atoms with van der Waals surface area (Å²) in [5.74, 6) is 0.362. The van der Waals surface area contributed by atoms with E-state index in [9.17, 15) is 18.0 Å². The smallest absolute Gasteiger partial charge is 0.251 e. The lowest BCUT2D eigenvalue weighted by atomic mass is 10.1. The maximum atomic E-state index is 13.1. The van der Waals surface area contributed by atoms with Crippen LogP contribution in [-0.4, -0.2) is 63.1 Å². The predicted octanol–water partition coefficient (Wildman–Crippen LogP) is 1.63. The van der Waals surface area contributed by atoms with Crippen LogP contribution in [0.25, 0.3) is 0 Å². The maximum absolute atomic E-state index is 13.1. The summed E-state index contributed by atoms with van der Waals surface area (Å²) in [6.45, 7) is 5.11. The van der Waals surface area contributed by atoms with Gasteiger partial charge in [0.25, 0.3) is 5.91 Å². The van der Waals surface area contributed by atoms with E-state index >= 15 is 0 Å². The lowest BCUT2D eigenvalue weighted by Crippen LogP contribution is -2.37. The fraction of sp³-hybridized carbons (Fsp3) is 0.385. The first-order valence-corrected chi connectivity index (χ1v) is 13.5. The first kappa shape index (κ1) is 24.5. The Balaban J connectivity index is 1.15. The summed E-state index contributed by atoms with van der Waals surface area (Å²) < 4.78 is 39.2. The zero-order valence-corrected chi connectivity index (χ0v) is 20.6. The van der Waals surface area contributed by atoms with E-state index in [2.05, 4.69) is 23.3 Å². The number of nitrogens with zero attached hydrogens (tertiary/aromatic N) is 1. The molecule has 0 aliphatic carbocycles. The van der Waals surface area contributed by atoms with Crippen molar-refractivity contribution >= 4 is 21.8 Å². The molecule has 2 amide bonds. The number of carbonyl (C=O) groups excluding carboxylic acids is 2. The number of fused-ring (bicyclic) bond motifs is 2. The Bertz CT molecular complexity index is 1260. The maximum Gasteiger partial charge on any atom is 0.251 e. The molecule has 10 heteroatoms. The number of amides is 2. The largest absolute Gasteiger partial charge is 0.493 e. The normalized spacial score (nSPS) is 22.9. The van der Waals surface area contributed by atoms with E-state index in [1.807, 2.05) is 12.1 Å². The van der Waals surface area contributed by atoms with Crippen LogP contribution in [0.4, 0.5) is 0 Å². The molecule has 36 heavy (non-hydrogen) atoms. The van der Waals surface area contributed by atoms with Gasteiger partial charge < -0.3 is 20.1 Å². The number of ether oxygens (including phenoxy) is 2. The third-order valence-corrected chi connectivity index (χ3v) is 8.77. The number of carbonyl (C=O) groups is 2. The van der Waals surface area contributed by atoms with Crippen molar-refractivity contribution < 1.29 is 27.5 Å². The van der Waals surface area contributed by atoms with Gasteiger partial charge in [0.15, 0.2) is 0 Å². The molecule has 3 unspecified atom stereocenters. The quantitative estimate of drug-likeness (QED) is 0.521. The highest BCUT2D eigenvalue weighted by Gasteiger charge is 2.46. The topological polar surface area (TPSA) is 114 Å². The molecule has 0 radical (unpaired) electrons. The van der Waals surface area contributed by atoms with Crippen LogP contribution in [0.3, 0.4) is 0 Å². The van der Waals surface area contributed by atoms with Crippen LogP contribution in [0.15, 0.2) is 60.0 Å². The van der Waals surface area contributed by atoms with Crippen molar-refractivity contribution in [3.05, 3.63) is 71.8 Å². The third-order valence-electron chi connectivity index (χ3n) is 6.92. The Labute approximate surface area is 210 Å². The second-order valence-corrected chi connectivity index (χ2v) is 11.2. The number of rotatable bonds is 8. The zero-order valence-electron chi connectivity index (χ0n) is 19.8. The second-order valence-electron chi connectivity index (χ2n) is 9.23. The van der Waals surface area contributed by atoms with Crippen molar-refractivity contribution in [3.63, 3.8) is 0 Å². The number of benzene rings is 2. The van der Waals surface area contributed by atoms with E-state index in [1.54, 1.807) is 0 Å². The molecule has 0 bridgehead atoms. The van der Waals surface area contributed by atoms with Gasteiger partial charge in [-0.2, -0.15) is 4.31 Å². The lowest BCUT2D eigenvalue weighted by Gasteiger charge is -2.19. The van der Waals surface area contributed by atoms with Crippen LogP contribution in [0, 0.1) is 5.92 Å². The van der Waals surface area contributed by atoms with Crippen molar-refractivity contribution in [3.8, 4) is 5.75 Å². The van der Waals surface area contributed by atoms with Gasteiger partial charge in [-0.25, -0.2) is 8.42 Å². The molecule has 2 N–H and O–H groups in total. The van der Waals surface area contributed by atoms with Gasteiger partial charge in [0.2, 0.25) is 15.9 Å². The Morgan fingerprint density at radius 3 is 2.69 bits per heavy atom. The van der Waals surface area contributed by atoms with Crippen LogP contribution in [0.1, 0.15) is 27.9 Å². The minimum absolute atomic E-state index is 0.0104. The Morgan fingerprint density at radius 1 is 1.14 bits per heavy atom. The molecular formula is C26H29N3O6S. The Kier molecular flexibility index (Phi) is 6.83. The first-order valence-electron chi connectivity index (χ1n) is 12.1. The third kappa shape index (κ3) is 4.88. The zero-order chi connectivity index (χ0) is 25.3. The van der Waals surface area contributed by atoms with Gasteiger partial charge in [-0.3, -0.25) is 9.59 Å². The van der Waals surface area contributed by atoms with Gasteiger partial charge >= 0.3 is 0 Å². The molecule has 3 atom stereocenters. The second kappa shape index (κ2) is 10.0. The summed E-state index contributed by atoms with van der Waals surface area (Å²) in [5, 5.41) is 5.60. The highest BCUT2D eigenvalue weighted by Crippen LogP contribution is 2.35. The lowest BCUT2D eigenvalue weighted by molar-refractivity contribution is -0.120. The molecule has 0 saturated carbocycles. The average molecular weight is 512 g/mol. The highest BCUT2D eigenvalue weighted by atomic mass is 32.2. The molecule has 0 aromatic heterocycles. The minimum atomic E-state index is -3.72. The summed E-state index contributed by atoms with van der Waals surface area (Å²) in [7, 11) is -3.72. The Morgan fingerprint density at radius 2 is 1.94 bits per heavy atom. The molecule has 9 nitrogen and oxygen atoms in total. The van der Waals surface area contributed by atoms with Crippen molar-refractivity contribution in [2.45, 2.75) is 36.5 Å². The number of hydrogen-bond donors (Lipinski definition) is 2. The van der Waals surface area contributed by atoms with E-state index in [0.717, 1.165) is 17.7 Å². The van der Waals surface area contributed by atoms with Gasteiger partial charge in [-0.05, 0) is 54.3 Å². The van der Waals surface area contributed by atoms with Crippen molar-refractivity contribution in [2.24, 2.45) is 5.92 Å². The Hall–Kier alpha value is -3.21. The highest BCUT2D eigenvalue weighted by molar-refractivity contribution is 7.89. The van der Waals surface area contributed by atoms with Crippen molar-refractivity contribution in [1.82, 2.24) is 14.9 Å². The van der Waals surface area contributed by atoms with Gasteiger partial charge in [-0.1, -0.05) is 24.8 Å². The first-order chi connectivity index (χ1) is 17.3. The summed E-state index contributed by atoms with van der Waals surface area (Å²) in [5.41, 5.74) is 2.66. The SMILES string of the molecule is C=CC(=O)NC1CC2CN(S(=O)(=O)c3ccc(C(=O)NCCc4cccc5c4OCC5)cc3)CC2O1. The van der Waals surface area contributed by atoms with E-state index in [1.165, 1.54) is 40.2 Å². The van der Waals surface area contributed by atoms with E-state index in [4.69, 9.17) is 9.47 Å². The van der Waals surface area contributed by atoms with Crippen LogP contribution >= 0.6 is 0 Å². The van der Waals surface area contributed by atoms with Gasteiger partial charge in [0.1, 0.15) is 12.0 Å². The van der Waals surface area contributed by atoms with E-state index < -0.39 is 16.3 Å². The van der Waals surface area contributed by atoms with Gasteiger partial charge in [0, 0.05) is 37.5 Å². The number of nitrogens with one attached hydrogen (secondary N) is 2. The van der Waals surface area contributed by atoms with Crippen LogP contribution in [0.2, 0.25) is 0 Å². The fourth-order valence-electron chi connectivity index (χ4n) is 5.05. The van der Waals surface area contributed by atoms with Crippen molar-refractivity contribution in [2.75, 3.05) is 26.2 Å². The molecule has 2 aromatic carbocycles. The standard InChI is InChI=1S/C26H29N3O6S/c1-2-23(30)28-24-14-20-15-29(16-22(20)35-24)36(32,33)21-8-6-19(7-9-21)26(31)27-12-10-17-4-3-5-18-11-13-34-25(17)18/h2-9,20,22,24H,1,10-16H2,(H,27,31)(H,28,30). The number of para-hydroxylation sites is 1. The molecular weight excluding hydrogens is 482 g/mol. The van der Waals surface area contributed by atoms with Crippen LogP contribution in [-0.2, 0) is 32.4 Å². The van der Waals surface area contributed by atoms with E-state index in [0.29, 0.717) is 38.1 Å². The molecule has 3 aliphatic rings. The summed E-state index contributed by atoms with van der Waals surface area (Å²) in [6.07, 6.45) is 2.60. The molecule has 3 heterocycles. The molecule has 2 aromatic rings. The molecule has 3 aliphatic heterocycles.